The lowest BCUT2D eigenvalue weighted by atomic mass is 10.00. The lowest BCUT2D eigenvalue weighted by Crippen LogP contribution is -2.42. The Kier molecular flexibility index (Phi) is 4.13. The van der Waals surface area contributed by atoms with E-state index >= 15 is 0 Å². The lowest BCUT2D eigenvalue weighted by Gasteiger charge is -2.29. The molecule has 2 aliphatic heterocycles. The standard InChI is InChI=1S/C15H21ClN4/c1-11-9-18-15(19-11)17-6-8-20-7-5-13-12(10-20)3-2-4-14(13)16/h2-4,11H,5-10H2,1H3,(H2,17,18,19). The van der Waals surface area contributed by atoms with Gasteiger partial charge < -0.3 is 10.6 Å². The molecule has 0 aromatic heterocycles. The second kappa shape index (κ2) is 6.02. The number of guanidine groups is 1. The van der Waals surface area contributed by atoms with Gasteiger partial charge in [0, 0.05) is 37.2 Å². The molecule has 2 heterocycles. The van der Waals surface area contributed by atoms with Crippen LogP contribution in [-0.2, 0) is 13.0 Å². The first kappa shape index (κ1) is 13.7. The Morgan fingerprint density at radius 1 is 1.50 bits per heavy atom. The van der Waals surface area contributed by atoms with Gasteiger partial charge in [-0.05, 0) is 30.5 Å². The first-order valence-electron chi connectivity index (χ1n) is 7.26. The fraction of sp³-hybridized carbons (Fsp3) is 0.533. The van der Waals surface area contributed by atoms with Gasteiger partial charge in [-0.25, -0.2) is 0 Å². The van der Waals surface area contributed by atoms with Crippen molar-refractivity contribution in [2.24, 2.45) is 4.99 Å². The Balaban J connectivity index is 1.48. The predicted molar refractivity (Wildman–Crippen MR) is 83.3 cm³/mol. The van der Waals surface area contributed by atoms with E-state index in [0.717, 1.165) is 50.1 Å². The van der Waals surface area contributed by atoms with Crippen LogP contribution in [0.3, 0.4) is 0 Å². The number of halogens is 1. The minimum absolute atomic E-state index is 0.460. The highest BCUT2D eigenvalue weighted by Gasteiger charge is 2.18. The predicted octanol–water partition coefficient (Wildman–Crippen LogP) is 1.64. The molecule has 3 rings (SSSR count). The normalized spacial score (nSPS) is 22.1. The van der Waals surface area contributed by atoms with E-state index in [4.69, 9.17) is 11.6 Å². The molecule has 0 amide bonds. The van der Waals surface area contributed by atoms with E-state index < -0.39 is 0 Å². The van der Waals surface area contributed by atoms with Gasteiger partial charge in [0.25, 0.3) is 0 Å². The topological polar surface area (TPSA) is 39.7 Å². The number of nitrogens with one attached hydrogen (secondary N) is 2. The zero-order chi connectivity index (χ0) is 13.9. The maximum Gasteiger partial charge on any atom is 0.191 e. The summed E-state index contributed by atoms with van der Waals surface area (Å²) >= 11 is 6.24. The molecule has 20 heavy (non-hydrogen) atoms. The van der Waals surface area contributed by atoms with E-state index in [0.29, 0.717) is 6.04 Å². The molecule has 0 radical (unpaired) electrons. The number of aliphatic imine (C=N–C) groups is 1. The maximum absolute atomic E-state index is 6.24. The Morgan fingerprint density at radius 2 is 2.40 bits per heavy atom. The summed E-state index contributed by atoms with van der Waals surface area (Å²) in [4.78, 5) is 6.87. The third-order valence-corrected chi connectivity index (χ3v) is 4.27. The lowest BCUT2D eigenvalue weighted by molar-refractivity contribution is 0.258. The molecule has 5 heteroatoms. The molecular weight excluding hydrogens is 272 g/mol. The number of benzene rings is 1. The molecule has 4 nitrogen and oxygen atoms in total. The molecule has 0 aliphatic carbocycles. The Bertz CT molecular complexity index is 515. The molecule has 0 bridgehead atoms. The van der Waals surface area contributed by atoms with Crippen molar-refractivity contribution in [3.05, 3.63) is 34.3 Å². The van der Waals surface area contributed by atoms with Crippen LogP contribution in [0.25, 0.3) is 0 Å². The highest BCUT2D eigenvalue weighted by molar-refractivity contribution is 6.31. The number of nitrogens with zero attached hydrogens (tertiary/aromatic N) is 2. The van der Waals surface area contributed by atoms with Crippen LogP contribution < -0.4 is 10.6 Å². The molecule has 1 atom stereocenters. The first-order chi connectivity index (χ1) is 9.72. The smallest absolute Gasteiger partial charge is 0.191 e. The zero-order valence-corrected chi connectivity index (χ0v) is 12.6. The van der Waals surface area contributed by atoms with Crippen LogP contribution in [0, 0.1) is 0 Å². The van der Waals surface area contributed by atoms with Gasteiger partial charge in [-0.1, -0.05) is 23.7 Å². The Labute approximate surface area is 125 Å². The molecule has 108 valence electrons. The highest BCUT2D eigenvalue weighted by Crippen LogP contribution is 2.25. The molecule has 1 aromatic carbocycles. The van der Waals surface area contributed by atoms with Crippen molar-refractivity contribution >= 4 is 17.6 Å². The van der Waals surface area contributed by atoms with Gasteiger partial charge in [-0.2, -0.15) is 0 Å². The molecule has 2 aliphatic rings. The molecule has 0 saturated heterocycles. The van der Waals surface area contributed by atoms with Crippen molar-refractivity contribution in [3.8, 4) is 0 Å². The summed E-state index contributed by atoms with van der Waals surface area (Å²) in [6.07, 6.45) is 1.05. The third kappa shape index (κ3) is 3.07. The van der Waals surface area contributed by atoms with Crippen LogP contribution >= 0.6 is 11.6 Å². The van der Waals surface area contributed by atoms with Crippen molar-refractivity contribution in [2.75, 3.05) is 26.2 Å². The summed E-state index contributed by atoms with van der Waals surface area (Å²) in [6.45, 7) is 7.04. The summed E-state index contributed by atoms with van der Waals surface area (Å²) in [7, 11) is 0. The van der Waals surface area contributed by atoms with E-state index in [1.165, 1.54) is 11.1 Å². The van der Waals surface area contributed by atoms with Gasteiger partial charge in [0.15, 0.2) is 5.96 Å². The molecule has 2 N–H and O–H groups in total. The van der Waals surface area contributed by atoms with Crippen molar-refractivity contribution in [1.29, 1.82) is 0 Å². The van der Waals surface area contributed by atoms with Gasteiger partial charge >= 0.3 is 0 Å². The van der Waals surface area contributed by atoms with Crippen LogP contribution in [0.2, 0.25) is 5.02 Å². The van der Waals surface area contributed by atoms with E-state index in [-0.39, 0.29) is 0 Å². The van der Waals surface area contributed by atoms with E-state index in [2.05, 4.69) is 33.5 Å². The van der Waals surface area contributed by atoms with E-state index in [1.807, 2.05) is 12.1 Å². The first-order valence-corrected chi connectivity index (χ1v) is 7.63. The van der Waals surface area contributed by atoms with Gasteiger partial charge in [0.2, 0.25) is 0 Å². The van der Waals surface area contributed by atoms with Crippen LogP contribution in [0.1, 0.15) is 18.1 Å². The summed E-state index contributed by atoms with van der Waals surface area (Å²) in [5.74, 6) is 0.943. The monoisotopic (exact) mass is 292 g/mol. The largest absolute Gasteiger partial charge is 0.355 e. The Hall–Kier alpha value is -1.26. The molecule has 0 fully saturated rings. The Morgan fingerprint density at radius 3 is 3.20 bits per heavy atom. The quantitative estimate of drug-likeness (QED) is 0.890. The summed E-state index contributed by atoms with van der Waals surface area (Å²) in [6, 6.07) is 6.68. The van der Waals surface area contributed by atoms with E-state index in [1.54, 1.807) is 0 Å². The number of rotatable bonds is 3. The summed E-state index contributed by atoms with van der Waals surface area (Å²) in [5.41, 5.74) is 2.70. The van der Waals surface area contributed by atoms with Gasteiger partial charge in [-0.3, -0.25) is 9.89 Å². The van der Waals surface area contributed by atoms with E-state index in [9.17, 15) is 0 Å². The fourth-order valence-electron chi connectivity index (χ4n) is 2.80. The minimum Gasteiger partial charge on any atom is -0.355 e. The summed E-state index contributed by atoms with van der Waals surface area (Å²) in [5, 5.41) is 7.60. The van der Waals surface area contributed by atoms with Gasteiger partial charge in [-0.15, -0.1) is 0 Å². The van der Waals surface area contributed by atoms with Crippen LogP contribution in [0.5, 0.6) is 0 Å². The summed E-state index contributed by atoms with van der Waals surface area (Å²) < 4.78 is 0. The second-order valence-electron chi connectivity index (χ2n) is 5.57. The fourth-order valence-corrected chi connectivity index (χ4v) is 3.09. The third-order valence-electron chi connectivity index (χ3n) is 3.91. The minimum atomic E-state index is 0.460. The molecule has 1 aromatic rings. The highest BCUT2D eigenvalue weighted by atomic mass is 35.5. The maximum atomic E-state index is 6.24. The number of fused-ring (bicyclic) bond motifs is 1. The van der Waals surface area contributed by atoms with Crippen molar-refractivity contribution in [3.63, 3.8) is 0 Å². The van der Waals surface area contributed by atoms with Crippen molar-refractivity contribution in [2.45, 2.75) is 25.9 Å². The average Bonchev–Trinajstić information content (AvgIpc) is 2.85. The van der Waals surface area contributed by atoms with Crippen LogP contribution in [0.4, 0.5) is 0 Å². The number of hydrogen-bond donors (Lipinski definition) is 2. The molecule has 0 spiro atoms. The van der Waals surface area contributed by atoms with Crippen LogP contribution in [-0.4, -0.2) is 43.1 Å². The van der Waals surface area contributed by atoms with Gasteiger partial charge in [0.05, 0.1) is 6.54 Å². The van der Waals surface area contributed by atoms with Crippen molar-refractivity contribution < 1.29 is 0 Å². The average molecular weight is 293 g/mol. The SMILES string of the molecule is CC1CN=C(NCCN2CCc3c(Cl)cccc3C2)N1. The van der Waals surface area contributed by atoms with Crippen LogP contribution in [0.15, 0.2) is 23.2 Å². The van der Waals surface area contributed by atoms with Crippen molar-refractivity contribution in [1.82, 2.24) is 15.5 Å². The number of hydrogen-bond acceptors (Lipinski definition) is 4. The second-order valence-corrected chi connectivity index (χ2v) is 5.97. The molecule has 0 saturated carbocycles. The molecule has 1 unspecified atom stereocenters. The molecular formula is C15H21ClN4. The van der Waals surface area contributed by atoms with Gasteiger partial charge in [0.1, 0.15) is 0 Å². The zero-order valence-electron chi connectivity index (χ0n) is 11.8.